The van der Waals surface area contributed by atoms with E-state index in [1.165, 1.54) is 4.90 Å². The SMILES string of the molecule is CCOC(=O)C1Cc2ccccc2N1C(=O)C(=O)Nc1cccc2ccccc12. The zero-order valence-electron chi connectivity index (χ0n) is 15.9. The van der Waals surface area contributed by atoms with E-state index in [0.717, 1.165) is 16.3 Å². The van der Waals surface area contributed by atoms with Crippen LogP contribution in [0, 0.1) is 0 Å². The van der Waals surface area contributed by atoms with Crippen molar-refractivity contribution in [2.24, 2.45) is 0 Å². The highest BCUT2D eigenvalue weighted by Crippen LogP contribution is 2.33. The lowest BCUT2D eigenvalue weighted by Gasteiger charge is -2.23. The second kappa shape index (κ2) is 7.75. The summed E-state index contributed by atoms with van der Waals surface area (Å²) in [4.78, 5) is 39.6. The maximum atomic E-state index is 13.1. The van der Waals surface area contributed by atoms with Gasteiger partial charge in [-0.2, -0.15) is 0 Å². The molecule has 0 aliphatic carbocycles. The van der Waals surface area contributed by atoms with Crippen LogP contribution < -0.4 is 10.2 Å². The maximum absolute atomic E-state index is 13.1. The molecule has 2 amide bonds. The summed E-state index contributed by atoms with van der Waals surface area (Å²) in [6, 6.07) is 19.4. The zero-order chi connectivity index (χ0) is 20.4. The van der Waals surface area contributed by atoms with E-state index in [2.05, 4.69) is 5.32 Å². The number of fused-ring (bicyclic) bond motifs is 2. The fourth-order valence-corrected chi connectivity index (χ4v) is 3.68. The second-order valence-corrected chi connectivity index (χ2v) is 6.76. The molecule has 146 valence electrons. The number of anilines is 2. The molecule has 0 saturated heterocycles. The number of ether oxygens (including phenoxy) is 1. The molecule has 0 aromatic heterocycles. The number of hydrogen-bond acceptors (Lipinski definition) is 4. The van der Waals surface area contributed by atoms with Gasteiger partial charge in [0.05, 0.1) is 6.61 Å². The second-order valence-electron chi connectivity index (χ2n) is 6.76. The molecule has 0 saturated carbocycles. The molecule has 0 radical (unpaired) electrons. The molecule has 1 N–H and O–H groups in total. The van der Waals surface area contributed by atoms with Crippen LogP contribution in [-0.4, -0.2) is 30.4 Å². The molecule has 1 aliphatic rings. The Bertz CT molecular complexity index is 1100. The minimum Gasteiger partial charge on any atom is -0.464 e. The number of nitrogens with one attached hydrogen (secondary N) is 1. The number of nitrogens with zero attached hydrogens (tertiary/aromatic N) is 1. The Labute approximate surface area is 168 Å². The molecule has 3 aromatic carbocycles. The van der Waals surface area contributed by atoms with Crippen LogP contribution in [-0.2, 0) is 25.5 Å². The molecular formula is C23H20N2O4. The lowest BCUT2D eigenvalue weighted by atomic mass is 10.1. The fraction of sp³-hybridized carbons (Fsp3) is 0.174. The number of rotatable bonds is 3. The van der Waals surface area contributed by atoms with Gasteiger partial charge < -0.3 is 10.1 Å². The van der Waals surface area contributed by atoms with Crippen molar-refractivity contribution in [1.82, 2.24) is 0 Å². The largest absolute Gasteiger partial charge is 0.464 e. The van der Waals surface area contributed by atoms with Crippen molar-refractivity contribution in [3.05, 3.63) is 72.3 Å². The highest BCUT2D eigenvalue weighted by atomic mass is 16.5. The summed E-state index contributed by atoms with van der Waals surface area (Å²) in [5.74, 6) is -2.11. The normalized spacial score (nSPS) is 15.1. The standard InChI is InChI=1S/C23H20N2O4/c1-2-29-23(28)20-14-16-9-4-6-13-19(16)25(20)22(27)21(26)24-18-12-7-10-15-8-3-5-11-17(15)18/h3-13,20H,2,14H2,1H3,(H,24,26). The lowest BCUT2D eigenvalue weighted by molar-refractivity contribution is -0.146. The summed E-state index contributed by atoms with van der Waals surface area (Å²) in [6.07, 6.45) is 0.322. The lowest BCUT2D eigenvalue weighted by Crippen LogP contribution is -2.48. The number of para-hydroxylation sites is 1. The van der Waals surface area contributed by atoms with Gasteiger partial charge in [0.1, 0.15) is 6.04 Å². The van der Waals surface area contributed by atoms with Gasteiger partial charge in [0.25, 0.3) is 0 Å². The Kier molecular flexibility index (Phi) is 4.99. The molecule has 6 heteroatoms. The molecular weight excluding hydrogens is 368 g/mol. The third-order valence-electron chi connectivity index (χ3n) is 4.99. The fourth-order valence-electron chi connectivity index (χ4n) is 3.68. The van der Waals surface area contributed by atoms with Crippen molar-refractivity contribution in [3.63, 3.8) is 0 Å². The van der Waals surface area contributed by atoms with Crippen LogP contribution >= 0.6 is 0 Å². The van der Waals surface area contributed by atoms with Crippen molar-refractivity contribution >= 4 is 39.9 Å². The molecule has 1 atom stereocenters. The summed E-state index contributed by atoms with van der Waals surface area (Å²) in [5, 5.41) is 4.49. The molecule has 1 unspecified atom stereocenters. The van der Waals surface area contributed by atoms with Gasteiger partial charge in [-0.15, -0.1) is 0 Å². The Hall–Kier alpha value is -3.67. The van der Waals surface area contributed by atoms with Gasteiger partial charge in [-0.1, -0.05) is 54.6 Å². The smallest absolute Gasteiger partial charge is 0.329 e. The highest BCUT2D eigenvalue weighted by Gasteiger charge is 2.41. The molecule has 4 rings (SSSR count). The number of carbonyl (C=O) groups is 3. The summed E-state index contributed by atoms with van der Waals surface area (Å²) < 4.78 is 5.13. The topological polar surface area (TPSA) is 75.7 Å². The number of carbonyl (C=O) groups excluding carboxylic acids is 3. The highest BCUT2D eigenvalue weighted by molar-refractivity contribution is 6.45. The van der Waals surface area contributed by atoms with Crippen molar-refractivity contribution < 1.29 is 19.1 Å². The van der Waals surface area contributed by atoms with Gasteiger partial charge >= 0.3 is 17.8 Å². The molecule has 29 heavy (non-hydrogen) atoms. The average molecular weight is 388 g/mol. The van der Waals surface area contributed by atoms with E-state index in [4.69, 9.17) is 4.74 Å². The van der Waals surface area contributed by atoms with Crippen LogP contribution in [0.2, 0.25) is 0 Å². The molecule has 0 bridgehead atoms. The van der Waals surface area contributed by atoms with E-state index in [9.17, 15) is 14.4 Å². The van der Waals surface area contributed by atoms with E-state index >= 15 is 0 Å². The molecule has 0 spiro atoms. The first-order chi connectivity index (χ1) is 14.1. The summed E-state index contributed by atoms with van der Waals surface area (Å²) >= 11 is 0. The van der Waals surface area contributed by atoms with Gasteiger partial charge in [0, 0.05) is 23.2 Å². The first kappa shape index (κ1) is 18.7. The number of esters is 1. The van der Waals surface area contributed by atoms with Crippen molar-refractivity contribution in [2.45, 2.75) is 19.4 Å². The van der Waals surface area contributed by atoms with E-state index in [0.29, 0.717) is 17.8 Å². The third kappa shape index (κ3) is 3.45. The first-order valence-electron chi connectivity index (χ1n) is 9.47. The number of hydrogen-bond donors (Lipinski definition) is 1. The predicted molar refractivity (Wildman–Crippen MR) is 111 cm³/mol. The van der Waals surface area contributed by atoms with Gasteiger partial charge in [0.2, 0.25) is 0 Å². The van der Waals surface area contributed by atoms with Crippen molar-refractivity contribution in [3.8, 4) is 0 Å². The third-order valence-corrected chi connectivity index (χ3v) is 4.99. The quantitative estimate of drug-likeness (QED) is 0.552. The van der Waals surface area contributed by atoms with Gasteiger partial charge in [-0.05, 0) is 30.0 Å². The van der Waals surface area contributed by atoms with Crippen LogP contribution in [0.25, 0.3) is 10.8 Å². The van der Waals surface area contributed by atoms with Crippen LogP contribution in [0.3, 0.4) is 0 Å². The van der Waals surface area contributed by atoms with Crippen LogP contribution in [0.1, 0.15) is 12.5 Å². The Morgan fingerprint density at radius 1 is 1.00 bits per heavy atom. The first-order valence-corrected chi connectivity index (χ1v) is 9.47. The Morgan fingerprint density at radius 2 is 1.72 bits per heavy atom. The summed E-state index contributed by atoms with van der Waals surface area (Å²) in [6.45, 7) is 1.91. The van der Waals surface area contributed by atoms with Gasteiger partial charge in [0.15, 0.2) is 0 Å². The number of amides is 2. The van der Waals surface area contributed by atoms with E-state index in [-0.39, 0.29) is 6.61 Å². The van der Waals surface area contributed by atoms with Crippen LogP contribution in [0.4, 0.5) is 11.4 Å². The molecule has 3 aromatic rings. The zero-order valence-corrected chi connectivity index (χ0v) is 15.9. The summed E-state index contributed by atoms with van der Waals surface area (Å²) in [7, 11) is 0. The van der Waals surface area contributed by atoms with Gasteiger partial charge in [-0.25, -0.2) is 4.79 Å². The van der Waals surface area contributed by atoms with E-state index in [1.54, 1.807) is 25.1 Å². The summed E-state index contributed by atoms with van der Waals surface area (Å²) in [5.41, 5.74) is 1.93. The van der Waals surface area contributed by atoms with Crippen molar-refractivity contribution in [2.75, 3.05) is 16.8 Å². The monoisotopic (exact) mass is 388 g/mol. The Balaban J connectivity index is 1.64. The van der Waals surface area contributed by atoms with E-state index < -0.39 is 23.8 Å². The minimum absolute atomic E-state index is 0.204. The molecule has 0 fully saturated rings. The van der Waals surface area contributed by atoms with E-state index in [1.807, 2.05) is 48.5 Å². The van der Waals surface area contributed by atoms with Crippen LogP contribution in [0.5, 0.6) is 0 Å². The Morgan fingerprint density at radius 3 is 2.55 bits per heavy atom. The molecule has 6 nitrogen and oxygen atoms in total. The molecule has 1 aliphatic heterocycles. The minimum atomic E-state index is -0.849. The van der Waals surface area contributed by atoms with Crippen molar-refractivity contribution in [1.29, 1.82) is 0 Å². The maximum Gasteiger partial charge on any atom is 0.329 e. The van der Waals surface area contributed by atoms with Crippen LogP contribution in [0.15, 0.2) is 66.7 Å². The molecule has 1 heterocycles. The predicted octanol–water partition coefficient (Wildman–Crippen LogP) is 3.30. The number of benzene rings is 3. The average Bonchev–Trinajstić information content (AvgIpc) is 3.13. The van der Waals surface area contributed by atoms with Gasteiger partial charge in [-0.3, -0.25) is 14.5 Å².